The number of ketones is 1. The van der Waals surface area contributed by atoms with Crippen molar-refractivity contribution in [2.24, 2.45) is 34.5 Å². The third-order valence-electron chi connectivity index (χ3n) is 9.49. The number of esters is 1. The van der Waals surface area contributed by atoms with Crippen LogP contribution < -0.4 is 0 Å². The van der Waals surface area contributed by atoms with Crippen molar-refractivity contribution in [2.45, 2.75) is 84.3 Å². The lowest BCUT2D eigenvalue weighted by molar-refractivity contribution is -0.173. The molecule has 5 nitrogen and oxygen atoms in total. The van der Waals surface area contributed by atoms with Gasteiger partial charge in [0.15, 0.2) is 6.61 Å². The largest absolute Gasteiger partial charge is 0.458 e. The van der Waals surface area contributed by atoms with Crippen LogP contribution in [0.1, 0.15) is 72.6 Å². The summed E-state index contributed by atoms with van der Waals surface area (Å²) in [6.07, 6.45) is 8.45. The first-order chi connectivity index (χ1) is 13.5. The zero-order valence-corrected chi connectivity index (χ0v) is 18.2. The molecule has 0 unspecified atom stereocenters. The number of aliphatic hydroxyl groups excluding tert-OH is 1. The molecule has 0 heterocycles. The first-order valence-corrected chi connectivity index (χ1v) is 11.3. The summed E-state index contributed by atoms with van der Waals surface area (Å²) in [6, 6.07) is 0. The molecule has 4 aliphatic carbocycles. The smallest absolute Gasteiger partial charge is 0.303 e. The average Bonchev–Trinajstić information content (AvgIpc) is 2.88. The zero-order valence-electron chi connectivity index (χ0n) is 18.2. The summed E-state index contributed by atoms with van der Waals surface area (Å²) in [5.41, 5.74) is -0.366. The van der Waals surface area contributed by atoms with E-state index in [0.29, 0.717) is 11.8 Å². The first kappa shape index (κ1) is 21.0. The van der Waals surface area contributed by atoms with Crippen LogP contribution in [-0.4, -0.2) is 40.3 Å². The number of allylic oxidation sites excluding steroid dienone is 1. The van der Waals surface area contributed by atoms with Crippen molar-refractivity contribution in [2.75, 3.05) is 6.61 Å². The highest BCUT2D eigenvalue weighted by molar-refractivity contribution is 5.91. The fourth-order valence-electron chi connectivity index (χ4n) is 7.85. The summed E-state index contributed by atoms with van der Waals surface area (Å²) in [7, 11) is 0. The predicted octanol–water partition coefficient (Wildman–Crippen LogP) is 3.42. The maximum Gasteiger partial charge on any atom is 0.303 e. The van der Waals surface area contributed by atoms with Gasteiger partial charge in [0.1, 0.15) is 5.60 Å². The van der Waals surface area contributed by atoms with E-state index < -0.39 is 17.0 Å². The monoisotopic (exact) mass is 404 g/mol. The van der Waals surface area contributed by atoms with E-state index in [2.05, 4.69) is 19.9 Å². The van der Waals surface area contributed by atoms with Crippen molar-refractivity contribution in [1.82, 2.24) is 0 Å². The number of hydrogen-bond acceptors (Lipinski definition) is 5. The molecule has 0 amide bonds. The van der Waals surface area contributed by atoms with Gasteiger partial charge in [0.2, 0.25) is 5.78 Å². The number of rotatable bonds is 3. The van der Waals surface area contributed by atoms with Gasteiger partial charge in [0, 0.05) is 12.3 Å². The Kier molecular flexibility index (Phi) is 5.02. The van der Waals surface area contributed by atoms with Crippen LogP contribution in [0.25, 0.3) is 0 Å². The minimum atomic E-state index is -1.44. The minimum Gasteiger partial charge on any atom is -0.458 e. The van der Waals surface area contributed by atoms with E-state index >= 15 is 0 Å². The Hall–Kier alpha value is -1.20. The van der Waals surface area contributed by atoms with Crippen LogP contribution in [0, 0.1) is 34.5 Å². The summed E-state index contributed by atoms with van der Waals surface area (Å²) < 4.78 is 4.98. The molecule has 0 spiro atoms. The summed E-state index contributed by atoms with van der Waals surface area (Å²) in [4.78, 5) is 24.3. The molecule has 0 aromatic rings. The SMILES string of the molecule is CC(=O)OCC(=O)[C@@]1(O)[C@H](C)C[C@H]2[C@@H]3CC=C4C[C@@H](O)CC[C@]4(C)[C@H]3CC[C@@]21C. The fourth-order valence-corrected chi connectivity index (χ4v) is 7.85. The third-order valence-corrected chi connectivity index (χ3v) is 9.49. The zero-order chi connectivity index (χ0) is 21.2. The number of fused-ring (bicyclic) bond motifs is 5. The van der Waals surface area contributed by atoms with E-state index in [1.54, 1.807) is 0 Å². The molecule has 0 aromatic carbocycles. The summed E-state index contributed by atoms with van der Waals surface area (Å²) >= 11 is 0. The van der Waals surface area contributed by atoms with Gasteiger partial charge >= 0.3 is 5.97 Å². The lowest BCUT2D eigenvalue weighted by Gasteiger charge is -2.58. The molecule has 2 N–H and O–H groups in total. The summed E-state index contributed by atoms with van der Waals surface area (Å²) in [5, 5.41) is 21.9. The molecule has 0 aliphatic heterocycles. The van der Waals surface area contributed by atoms with Crippen molar-refractivity contribution in [3.63, 3.8) is 0 Å². The molecule has 0 saturated heterocycles. The molecular weight excluding hydrogens is 368 g/mol. The van der Waals surface area contributed by atoms with Gasteiger partial charge in [-0.05, 0) is 74.0 Å². The Labute approximate surface area is 173 Å². The normalized spacial score (nSPS) is 48.8. The molecular formula is C24H36O5. The molecule has 3 fully saturated rings. The van der Waals surface area contributed by atoms with E-state index in [1.165, 1.54) is 12.5 Å². The summed E-state index contributed by atoms with van der Waals surface area (Å²) in [6.45, 7) is 7.40. The van der Waals surface area contributed by atoms with E-state index in [9.17, 15) is 19.8 Å². The molecule has 29 heavy (non-hydrogen) atoms. The van der Waals surface area contributed by atoms with Gasteiger partial charge in [-0.3, -0.25) is 9.59 Å². The van der Waals surface area contributed by atoms with Gasteiger partial charge in [-0.25, -0.2) is 0 Å². The van der Waals surface area contributed by atoms with Gasteiger partial charge in [-0.1, -0.05) is 32.4 Å². The molecule has 3 saturated carbocycles. The maximum absolute atomic E-state index is 13.1. The van der Waals surface area contributed by atoms with Crippen molar-refractivity contribution >= 4 is 11.8 Å². The average molecular weight is 405 g/mol. The Balaban J connectivity index is 1.64. The van der Waals surface area contributed by atoms with E-state index in [1.807, 2.05) is 6.92 Å². The quantitative estimate of drug-likeness (QED) is 0.556. The standard InChI is InChI=1S/C24H36O5/c1-14-11-20-18-6-5-16-12-17(26)7-9-22(16,3)19(18)8-10-23(20,4)24(14,28)21(27)13-29-15(2)25/h5,14,17-20,26,28H,6-13H2,1-4H3/t14-,17+,18-,19+,20+,22+,23+,24+/m1/s1. The molecule has 4 rings (SSSR count). The first-order valence-electron chi connectivity index (χ1n) is 11.3. The van der Waals surface area contributed by atoms with Crippen LogP contribution >= 0.6 is 0 Å². The van der Waals surface area contributed by atoms with Crippen molar-refractivity contribution < 1.29 is 24.5 Å². The third kappa shape index (κ3) is 2.87. The number of ether oxygens (including phenoxy) is 1. The molecule has 4 aliphatic rings. The molecule has 8 atom stereocenters. The van der Waals surface area contributed by atoms with Crippen LogP contribution in [0.5, 0.6) is 0 Å². The van der Waals surface area contributed by atoms with Crippen molar-refractivity contribution in [3.05, 3.63) is 11.6 Å². The molecule has 0 aromatic heterocycles. The van der Waals surface area contributed by atoms with E-state index in [0.717, 1.165) is 44.9 Å². The number of aliphatic hydroxyl groups is 2. The Morgan fingerprint density at radius 3 is 2.62 bits per heavy atom. The second-order valence-corrected chi connectivity index (χ2v) is 10.7. The maximum atomic E-state index is 13.1. The number of Topliss-reactive ketones (excluding diaryl/α,β-unsaturated/α-hetero) is 1. The fraction of sp³-hybridized carbons (Fsp3) is 0.833. The number of hydrogen-bond donors (Lipinski definition) is 2. The summed E-state index contributed by atoms with van der Waals surface area (Å²) in [5.74, 6) is 0.301. The van der Waals surface area contributed by atoms with E-state index in [-0.39, 0.29) is 35.7 Å². The molecule has 0 bridgehead atoms. The lowest BCUT2D eigenvalue weighted by Crippen LogP contribution is -2.59. The van der Waals surface area contributed by atoms with Crippen LogP contribution in [-0.2, 0) is 14.3 Å². The van der Waals surface area contributed by atoms with Crippen LogP contribution in [0.2, 0.25) is 0 Å². The van der Waals surface area contributed by atoms with Crippen LogP contribution in [0.4, 0.5) is 0 Å². The van der Waals surface area contributed by atoms with Gasteiger partial charge in [0.25, 0.3) is 0 Å². The van der Waals surface area contributed by atoms with Gasteiger partial charge in [-0.2, -0.15) is 0 Å². The Morgan fingerprint density at radius 2 is 1.93 bits per heavy atom. The highest BCUT2D eigenvalue weighted by Crippen LogP contribution is 2.68. The van der Waals surface area contributed by atoms with E-state index in [4.69, 9.17) is 4.74 Å². The Morgan fingerprint density at radius 1 is 1.21 bits per heavy atom. The van der Waals surface area contributed by atoms with Crippen LogP contribution in [0.15, 0.2) is 11.6 Å². The highest BCUT2D eigenvalue weighted by atomic mass is 16.5. The van der Waals surface area contributed by atoms with Crippen LogP contribution in [0.3, 0.4) is 0 Å². The molecule has 0 radical (unpaired) electrons. The second kappa shape index (κ2) is 6.91. The van der Waals surface area contributed by atoms with Gasteiger partial charge in [0.05, 0.1) is 6.10 Å². The number of carbonyl (C=O) groups excluding carboxylic acids is 2. The van der Waals surface area contributed by atoms with Crippen molar-refractivity contribution in [3.8, 4) is 0 Å². The number of carbonyl (C=O) groups is 2. The topological polar surface area (TPSA) is 83.8 Å². The van der Waals surface area contributed by atoms with Gasteiger partial charge in [-0.15, -0.1) is 0 Å². The molecule has 162 valence electrons. The predicted molar refractivity (Wildman–Crippen MR) is 109 cm³/mol. The van der Waals surface area contributed by atoms with Crippen molar-refractivity contribution in [1.29, 1.82) is 0 Å². The lowest BCUT2D eigenvalue weighted by atomic mass is 9.46. The highest BCUT2D eigenvalue weighted by Gasteiger charge is 2.68. The minimum absolute atomic E-state index is 0.134. The second-order valence-electron chi connectivity index (χ2n) is 10.7. The Bertz CT molecular complexity index is 744. The van der Waals surface area contributed by atoms with Gasteiger partial charge < -0.3 is 14.9 Å². The molecule has 5 heteroatoms.